The maximum Gasteiger partial charge on any atom is 0.225 e. The van der Waals surface area contributed by atoms with Crippen molar-refractivity contribution in [3.05, 3.63) is 0 Å². The van der Waals surface area contributed by atoms with Gasteiger partial charge in [0.2, 0.25) is 5.91 Å². The van der Waals surface area contributed by atoms with E-state index in [1.807, 2.05) is 11.9 Å². The summed E-state index contributed by atoms with van der Waals surface area (Å²) in [6.07, 6.45) is 7.06. The first-order valence-electron chi connectivity index (χ1n) is 6.63. The molecule has 3 unspecified atom stereocenters. The molecule has 92 valence electrons. The number of hydrogen-bond acceptors (Lipinski definition) is 2. The van der Waals surface area contributed by atoms with Gasteiger partial charge in [0.05, 0.1) is 0 Å². The second-order valence-electron chi connectivity index (χ2n) is 5.59. The Hall–Kier alpha value is -0.570. The summed E-state index contributed by atoms with van der Waals surface area (Å²) in [5.74, 6) is 1.17. The van der Waals surface area contributed by atoms with Gasteiger partial charge < -0.3 is 10.6 Å². The molecule has 3 atom stereocenters. The lowest BCUT2D eigenvalue weighted by atomic mass is 9.89. The fourth-order valence-electron chi connectivity index (χ4n) is 2.90. The normalized spacial score (nSPS) is 32.2. The van der Waals surface area contributed by atoms with Crippen molar-refractivity contribution >= 4 is 5.91 Å². The van der Waals surface area contributed by atoms with E-state index in [9.17, 15) is 4.79 Å². The fraction of sp³-hybridized carbons (Fsp3) is 0.923. The molecule has 1 amide bonds. The maximum atomic E-state index is 12.2. The zero-order valence-corrected chi connectivity index (χ0v) is 10.5. The summed E-state index contributed by atoms with van der Waals surface area (Å²) in [6.45, 7) is 2.07. The molecule has 0 aromatic heterocycles. The zero-order valence-electron chi connectivity index (χ0n) is 10.5. The Bertz CT molecular complexity index is 263. The predicted octanol–water partition coefficient (Wildman–Crippen LogP) is 1.76. The molecule has 0 spiro atoms. The van der Waals surface area contributed by atoms with Crippen LogP contribution in [-0.4, -0.2) is 29.9 Å². The summed E-state index contributed by atoms with van der Waals surface area (Å²) >= 11 is 0. The first kappa shape index (κ1) is 11.9. The standard InChI is InChI=1S/C13H24N2O/c1-9(10-7-8-10)13(16)15(2)12-6-4-3-5-11(12)14/h9-12H,3-8,14H2,1-2H3. The third kappa shape index (κ3) is 2.40. The van der Waals surface area contributed by atoms with Gasteiger partial charge in [0.25, 0.3) is 0 Å². The van der Waals surface area contributed by atoms with Gasteiger partial charge in [-0.25, -0.2) is 0 Å². The number of amides is 1. The summed E-state index contributed by atoms with van der Waals surface area (Å²) in [6, 6.07) is 0.469. The van der Waals surface area contributed by atoms with Crippen LogP contribution < -0.4 is 5.73 Å². The van der Waals surface area contributed by atoms with E-state index in [-0.39, 0.29) is 18.0 Å². The number of likely N-dealkylation sites (N-methyl/N-ethyl adjacent to an activating group) is 1. The zero-order chi connectivity index (χ0) is 11.7. The fourth-order valence-corrected chi connectivity index (χ4v) is 2.90. The van der Waals surface area contributed by atoms with Crippen molar-refractivity contribution in [1.29, 1.82) is 0 Å². The Labute approximate surface area is 98.4 Å². The lowest BCUT2D eigenvalue weighted by Crippen LogP contribution is -2.51. The molecule has 2 aliphatic carbocycles. The van der Waals surface area contributed by atoms with E-state index < -0.39 is 0 Å². The molecule has 2 saturated carbocycles. The average molecular weight is 224 g/mol. The topological polar surface area (TPSA) is 46.3 Å². The Morgan fingerprint density at radius 3 is 2.44 bits per heavy atom. The van der Waals surface area contributed by atoms with E-state index in [1.165, 1.54) is 25.7 Å². The molecule has 0 aliphatic heterocycles. The summed E-state index contributed by atoms with van der Waals surface area (Å²) in [4.78, 5) is 14.2. The highest BCUT2D eigenvalue weighted by molar-refractivity contribution is 5.79. The Morgan fingerprint density at radius 1 is 1.25 bits per heavy atom. The molecule has 2 N–H and O–H groups in total. The highest BCUT2D eigenvalue weighted by atomic mass is 16.2. The molecule has 0 radical (unpaired) electrons. The van der Waals surface area contributed by atoms with Gasteiger partial charge in [0.15, 0.2) is 0 Å². The number of hydrogen-bond donors (Lipinski definition) is 1. The minimum absolute atomic E-state index is 0.189. The van der Waals surface area contributed by atoms with E-state index in [0.29, 0.717) is 11.8 Å². The summed E-state index contributed by atoms with van der Waals surface area (Å²) in [5, 5.41) is 0. The van der Waals surface area contributed by atoms with Crippen LogP contribution in [-0.2, 0) is 4.79 Å². The van der Waals surface area contributed by atoms with Gasteiger partial charge >= 0.3 is 0 Å². The molecule has 3 heteroatoms. The van der Waals surface area contributed by atoms with Gasteiger partial charge in [0.1, 0.15) is 0 Å². The van der Waals surface area contributed by atoms with Crippen molar-refractivity contribution in [2.75, 3.05) is 7.05 Å². The smallest absolute Gasteiger partial charge is 0.225 e. The van der Waals surface area contributed by atoms with E-state index in [4.69, 9.17) is 5.73 Å². The van der Waals surface area contributed by atoms with Crippen LogP contribution in [0, 0.1) is 11.8 Å². The Balaban J connectivity index is 1.93. The highest BCUT2D eigenvalue weighted by Gasteiger charge is 2.37. The largest absolute Gasteiger partial charge is 0.341 e. The Morgan fingerprint density at radius 2 is 1.88 bits per heavy atom. The lowest BCUT2D eigenvalue weighted by molar-refractivity contribution is -0.137. The van der Waals surface area contributed by atoms with Gasteiger partial charge in [-0.1, -0.05) is 19.8 Å². The SMILES string of the molecule is CC(C(=O)N(C)C1CCCCC1N)C1CC1. The third-order valence-corrected chi connectivity index (χ3v) is 4.35. The second kappa shape index (κ2) is 4.74. The quantitative estimate of drug-likeness (QED) is 0.794. The summed E-state index contributed by atoms with van der Waals surface area (Å²) in [7, 11) is 1.94. The first-order valence-corrected chi connectivity index (χ1v) is 6.63. The van der Waals surface area contributed by atoms with E-state index >= 15 is 0 Å². The second-order valence-corrected chi connectivity index (χ2v) is 5.59. The van der Waals surface area contributed by atoms with Crippen LogP contribution in [0.15, 0.2) is 0 Å². The third-order valence-electron chi connectivity index (χ3n) is 4.35. The molecular weight excluding hydrogens is 200 g/mol. The van der Waals surface area contributed by atoms with Crippen LogP contribution in [0.5, 0.6) is 0 Å². The van der Waals surface area contributed by atoms with Crippen molar-refractivity contribution in [2.45, 2.75) is 57.5 Å². The molecule has 0 saturated heterocycles. The number of nitrogens with zero attached hydrogens (tertiary/aromatic N) is 1. The molecule has 0 aromatic rings. The predicted molar refractivity (Wildman–Crippen MR) is 64.9 cm³/mol. The van der Waals surface area contributed by atoms with Crippen LogP contribution in [0.2, 0.25) is 0 Å². The summed E-state index contributed by atoms with van der Waals surface area (Å²) in [5.41, 5.74) is 6.12. The molecule has 3 nitrogen and oxygen atoms in total. The minimum atomic E-state index is 0.189. The molecule has 2 fully saturated rings. The van der Waals surface area contributed by atoms with E-state index in [2.05, 4.69) is 6.92 Å². The number of carbonyl (C=O) groups excluding carboxylic acids is 1. The number of carbonyl (C=O) groups is 1. The molecule has 0 heterocycles. The first-order chi connectivity index (χ1) is 7.61. The van der Waals surface area contributed by atoms with Crippen molar-refractivity contribution in [2.24, 2.45) is 17.6 Å². The van der Waals surface area contributed by atoms with E-state index in [0.717, 1.165) is 12.8 Å². The van der Waals surface area contributed by atoms with E-state index in [1.54, 1.807) is 0 Å². The van der Waals surface area contributed by atoms with Crippen LogP contribution in [0.25, 0.3) is 0 Å². The van der Waals surface area contributed by atoms with Crippen molar-refractivity contribution in [3.8, 4) is 0 Å². The monoisotopic (exact) mass is 224 g/mol. The van der Waals surface area contributed by atoms with Crippen molar-refractivity contribution in [1.82, 2.24) is 4.90 Å². The van der Waals surface area contributed by atoms with Gasteiger partial charge in [-0.05, 0) is 31.6 Å². The molecule has 0 aromatic carbocycles. The molecule has 2 aliphatic rings. The minimum Gasteiger partial charge on any atom is -0.341 e. The van der Waals surface area contributed by atoms with Gasteiger partial charge in [-0.15, -0.1) is 0 Å². The molecule has 0 bridgehead atoms. The van der Waals surface area contributed by atoms with Crippen LogP contribution in [0.1, 0.15) is 45.4 Å². The highest BCUT2D eigenvalue weighted by Crippen LogP contribution is 2.38. The molecule has 16 heavy (non-hydrogen) atoms. The van der Waals surface area contributed by atoms with Crippen molar-refractivity contribution < 1.29 is 4.79 Å². The van der Waals surface area contributed by atoms with Crippen molar-refractivity contribution in [3.63, 3.8) is 0 Å². The van der Waals surface area contributed by atoms with Gasteiger partial charge in [-0.2, -0.15) is 0 Å². The van der Waals surface area contributed by atoms with Gasteiger partial charge in [-0.3, -0.25) is 4.79 Å². The molecular formula is C13H24N2O. The summed E-state index contributed by atoms with van der Waals surface area (Å²) < 4.78 is 0. The van der Waals surface area contributed by atoms with Crippen LogP contribution >= 0.6 is 0 Å². The number of nitrogens with two attached hydrogens (primary N) is 1. The average Bonchev–Trinajstić information content (AvgIpc) is 3.11. The van der Waals surface area contributed by atoms with Crippen LogP contribution in [0.4, 0.5) is 0 Å². The maximum absolute atomic E-state index is 12.2. The lowest BCUT2D eigenvalue weighted by Gasteiger charge is -2.37. The van der Waals surface area contributed by atoms with Crippen LogP contribution in [0.3, 0.4) is 0 Å². The number of rotatable bonds is 3. The Kier molecular flexibility index (Phi) is 3.53. The van der Waals surface area contributed by atoms with Gasteiger partial charge in [0, 0.05) is 25.0 Å². The molecule has 2 rings (SSSR count).